The molecule has 3 rings (SSSR count). The van der Waals surface area contributed by atoms with Crippen molar-refractivity contribution in [2.24, 2.45) is 5.92 Å². The highest BCUT2D eigenvalue weighted by Crippen LogP contribution is 2.42. The van der Waals surface area contributed by atoms with Crippen molar-refractivity contribution >= 4 is 17.4 Å². The normalized spacial score (nSPS) is 17.3. The number of phenolic OH excluding ortho intramolecular Hbond substituents is 1. The van der Waals surface area contributed by atoms with Crippen LogP contribution >= 0.6 is 0 Å². The van der Waals surface area contributed by atoms with E-state index < -0.39 is 17.7 Å². The summed E-state index contributed by atoms with van der Waals surface area (Å²) >= 11 is 0. The quantitative estimate of drug-likeness (QED) is 0.290. The first-order valence-corrected chi connectivity index (χ1v) is 12.1. The predicted molar refractivity (Wildman–Crippen MR) is 138 cm³/mol. The second kappa shape index (κ2) is 11.5. The van der Waals surface area contributed by atoms with Crippen molar-refractivity contribution in [2.45, 2.75) is 33.2 Å². The number of hydrogen-bond acceptors (Lipinski definition) is 7. The number of ketones is 1. The van der Waals surface area contributed by atoms with E-state index in [-0.39, 0.29) is 22.8 Å². The topological polar surface area (TPSA) is 99.5 Å². The molecule has 8 heteroatoms. The molecule has 0 bridgehead atoms. The number of methoxy groups -OCH3 is 1. The summed E-state index contributed by atoms with van der Waals surface area (Å²) in [6, 6.07) is 9.12. The van der Waals surface area contributed by atoms with Gasteiger partial charge in [0.1, 0.15) is 11.5 Å². The first-order valence-electron chi connectivity index (χ1n) is 12.1. The molecule has 0 saturated carbocycles. The van der Waals surface area contributed by atoms with Crippen molar-refractivity contribution in [1.82, 2.24) is 9.80 Å². The molecule has 0 aliphatic carbocycles. The average Bonchev–Trinajstić information content (AvgIpc) is 3.07. The molecule has 1 aliphatic heterocycles. The number of aliphatic hydroxyl groups excluding tert-OH is 1. The lowest BCUT2D eigenvalue weighted by Crippen LogP contribution is -2.32. The van der Waals surface area contributed by atoms with E-state index in [1.54, 1.807) is 24.3 Å². The molecule has 0 unspecified atom stereocenters. The number of hydrogen-bond donors (Lipinski definition) is 2. The van der Waals surface area contributed by atoms with E-state index in [9.17, 15) is 19.8 Å². The number of rotatable bonds is 10. The first-order chi connectivity index (χ1) is 17.0. The van der Waals surface area contributed by atoms with Gasteiger partial charge in [-0.15, -0.1) is 0 Å². The molecule has 1 heterocycles. The van der Waals surface area contributed by atoms with Gasteiger partial charge in [-0.25, -0.2) is 0 Å². The summed E-state index contributed by atoms with van der Waals surface area (Å²) in [6.45, 7) is 7.56. The SMILES string of the molecule is COc1cc([C@@H]2C(=C(O)c3ccc(OCC(C)C)cc3C)C(=O)C(=O)N2CCCN(C)C)ccc1O. The minimum Gasteiger partial charge on any atom is -0.507 e. The highest BCUT2D eigenvalue weighted by Gasteiger charge is 2.46. The monoisotopic (exact) mass is 496 g/mol. The van der Waals surface area contributed by atoms with E-state index in [1.807, 2.05) is 32.0 Å². The van der Waals surface area contributed by atoms with Crippen LogP contribution in [0.5, 0.6) is 17.2 Å². The van der Waals surface area contributed by atoms with Gasteiger partial charge in [-0.05, 0) is 81.4 Å². The van der Waals surface area contributed by atoms with Gasteiger partial charge >= 0.3 is 0 Å². The maximum absolute atomic E-state index is 13.3. The molecule has 2 aromatic rings. The number of carbonyl (C=O) groups is 2. The third-order valence-electron chi connectivity index (χ3n) is 6.10. The Morgan fingerprint density at radius 3 is 2.47 bits per heavy atom. The van der Waals surface area contributed by atoms with Gasteiger partial charge in [0.15, 0.2) is 11.5 Å². The Morgan fingerprint density at radius 1 is 1.14 bits per heavy atom. The Balaban J connectivity index is 2.10. The van der Waals surface area contributed by atoms with Gasteiger partial charge in [0.05, 0.1) is 25.3 Å². The molecule has 36 heavy (non-hydrogen) atoms. The molecule has 1 amide bonds. The van der Waals surface area contributed by atoms with E-state index in [0.717, 1.165) is 12.1 Å². The highest BCUT2D eigenvalue weighted by atomic mass is 16.5. The minimum absolute atomic E-state index is 0.0107. The van der Waals surface area contributed by atoms with Crippen LogP contribution in [0, 0.1) is 12.8 Å². The maximum atomic E-state index is 13.3. The van der Waals surface area contributed by atoms with Crippen LogP contribution in [0.25, 0.3) is 5.76 Å². The van der Waals surface area contributed by atoms with Crippen molar-refractivity contribution in [1.29, 1.82) is 0 Å². The number of likely N-dealkylation sites (tertiary alicyclic amines) is 1. The molecule has 0 radical (unpaired) electrons. The molecule has 194 valence electrons. The molecule has 1 atom stereocenters. The summed E-state index contributed by atoms with van der Waals surface area (Å²) in [5.41, 5.74) is 1.74. The standard InChI is InChI=1S/C28H36N2O6/c1-17(2)16-36-20-9-10-21(18(3)14-20)26(32)24-25(19-8-11-22(31)23(15-19)35-6)30(28(34)27(24)33)13-7-12-29(4)5/h8-11,14-15,17,25,31-32H,7,12-13,16H2,1-6H3/t25-/m1/s1. The summed E-state index contributed by atoms with van der Waals surface area (Å²) in [4.78, 5) is 29.9. The van der Waals surface area contributed by atoms with Crippen LogP contribution in [0.4, 0.5) is 0 Å². The van der Waals surface area contributed by atoms with Crippen LogP contribution in [0.15, 0.2) is 42.0 Å². The molecular weight excluding hydrogens is 460 g/mol. The maximum Gasteiger partial charge on any atom is 0.295 e. The second-order valence-electron chi connectivity index (χ2n) is 9.76. The zero-order valence-corrected chi connectivity index (χ0v) is 21.9. The zero-order valence-electron chi connectivity index (χ0n) is 21.9. The smallest absolute Gasteiger partial charge is 0.295 e. The lowest BCUT2D eigenvalue weighted by Gasteiger charge is -2.26. The van der Waals surface area contributed by atoms with Gasteiger partial charge in [0, 0.05) is 12.1 Å². The van der Waals surface area contributed by atoms with Crippen molar-refractivity contribution < 1.29 is 29.3 Å². The number of Topliss-reactive ketones (excluding diaryl/α,β-unsaturated/α-hetero) is 1. The first kappa shape index (κ1) is 27.1. The number of amides is 1. The summed E-state index contributed by atoms with van der Waals surface area (Å²) in [5, 5.41) is 21.5. The number of aliphatic hydroxyl groups is 1. The highest BCUT2D eigenvalue weighted by molar-refractivity contribution is 6.46. The number of aryl methyl sites for hydroxylation is 1. The molecule has 1 fully saturated rings. The fourth-order valence-electron chi connectivity index (χ4n) is 4.28. The Bertz CT molecular complexity index is 1150. The lowest BCUT2D eigenvalue weighted by molar-refractivity contribution is -0.139. The predicted octanol–water partition coefficient (Wildman–Crippen LogP) is 4.12. The zero-order chi connectivity index (χ0) is 26.6. The van der Waals surface area contributed by atoms with Gasteiger partial charge in [-0.3, -0.25) is 9.59 Å². The molecule has 1 aliphatic rings. The summed E-state index contributed by atoms with van der Waals surface area (Å²) in [6.07, 6.45) is 0.646. The third kappa shape index (κ3) is 5.82. The van der Waals surface area contributed by atoms with Crippen LogP contribution < -0.4 is 9.47 Å². The lowest BCUT2D eigenvalue weighted by atomic mass is 9.93. The third-order valence-corrected chi connectivity index (χ3v) is 6.10. The number of aromatic hydroxyl groups is 1. The van der Waals surface area contributed by atoms with E-state index in [4.69, 9.17) is 9.47 Å². The van der Waals surface area contributed by atoms with Gasteiger partial charge in [0.2, 0.25) is 0 Å². The van der Waals surface area contributed by atoms with E-state index >= 15 is 0 Å². The summed E-state index contributed by atoms with van der Waals surface area (Å²) < 4.78 is 11.0. The minimum atomic E-state index is -0.821. The molecule has 1 saturated heterocycles. The van der Waals surface area contributed by atoms with E-state index in [2.05, 4.69) is 13.8 Å². The number of nitrogens with zero attached hydrogens (tertiary/aromatic N) is 2. The van der Waals surface area contributed by atoms with Gasteiger partial charge < -0.3 is 29.5 Å². The fourth-order valence-corrected chi connectivity index (χ4v) is 4.28. The van der Waals surface area contributed by atoms with Gasteiger partial charge in [-0.2, -0.15) is 0 Å². The van der Waals surface area contributed by atoms with Gasteiger partial charge in [-0.1, -0.05) is 19.9 Å². The largest absolute Gasteiger partial charge is 0.507 e. The van der Waals surface area contributed by atoms with E-state index in [0.29, 0.717) is 42.4 Å². The molecular formula is C28H36N2O6. The number of benzene rings is 2. The van der Waals surface area contributed by atoms with Crippen LogP contribution in [0.1, 0.15) is 43.0 Å². The molecule has 0 aromatic heterocycles. The van der Waals surface area contributed by atoms with Crippen molar-refractivity contribution in [3.8, 4) is 17.2 Å². The molecule has 2 aromatic carbocycles. The Hall–Kier alpha value is -3.52. The van der Waals surface area contributed by atoms with Gasteiger partial charge in [0.25, 0.3) is 11.7 Å². The van der Waals surface area contributed by atoms with E-state index in [1.165, 1.54) is 18.1 Å². The fraction of sp³-hybridized carbons (Fsp3) is 0.429. The molecule has 0 spiro atoms. The summed E-state index contributed by atoms with van der Waals surface area (Å²) in [5.74, 6) is -0.456. The number of carbonyl (C=O) groups excluding carboxylic acids is 2. The summed E-state index contributed by atoms with van der Waals surface area (Å²) in [7, 11) is 5.31. The number of phenols is 1. The Kier molecular flexibility index (Phi) is 8.63. The van der Waals surface area contributed by atoms with Crippen LogP contribution in [0.3, 0.4) is 0 Å². The Morgan fingerprint density at radius 2 is 1.86 bits per heavy atom. The van der Waals surface area contributed by atoms with Crippen molar-refractivity contribution in [2.75, 3.05) is 40.9 Å². The second-order valence-corrected chi connectivity index (χ2v) is 9.76. The van der Waals surface area contributed by atoms with Crippen LogP contribution in [0.2, 0.25) is 0 Å². The Labute approximate surface area is 212 Å². The number of ether oxygens (including phenoxy) is 2. The molecule has 2 N–H and O–H groups in total. The van der Waals surface area contributed by atoms with Crippen LogP contribution in [-0.2, 0) is 9.59 Å². The van der Waals surface area contributed by atoms with Crippen LogP contribution in [-0.4, -0.2) is 72.6 Å². The average molecular weight is 497 g/mol. The molecule has 8 nitrogen and oxygen atoms in total. The van der Waals surface area contributed by atoms with Crippen molar-refractivity contribution in [3.63, 3.8) is 0 Å². The van der Waals surface area contributed by atoms with Crippen molar-refractivity contribution in [3.05, 3.63) is 58.7 Å².